The quantitative estimate of drug-likeness (QED) is 0.881. The molecule has 2 aromatic rings. The first kappa shape index (κ1) is 19.3. The Bertz CT molecular complexity index is 930. The highest BCUT2D eigenvalue weighted by Crippen LogP contribution is 2.29. The summed E-state index contributed by atoms with van der Waals surface area (Å²) in [5, 5.41) is 11.9. The summed E-state index contributed by atoms with van der Waals surface area (Å²) in [5.41, 5.74) is 1.18. The number of nitrogens with one attached hydrogen (secondary N) is 1. The number of carbonyl (C=O) groups is 2. The first-order chi connectivity index (χ1) is 13.3. The number of amides is 3. The topological polar surface area (TPSA) is 102 Å². The van der Waals surface area contributed by atoms with Crippen LogP contribution in [0.5, 0.6) is 0 Å². The molecule has 144 valence electrons. The minimum Gasteiger partial charge on any atom is -0.325 e. The van der Waals surface area contributed by atoms with E-state index in [2.05, 4.69) is 15.3 Å². The molecule has 0 radical (unpaired) electrons. The van der Waals surface area contributed by atoms with Crippen LogP contribution in [-0.2, 0) is 11.3 Å². The Balaban J connectivity index is 1.84. The molecule has 3 amide bonds. The molecule has 1 aromatic carbocycles. The van der Waals surface area contributed by atoms with Gasteiger partial charge in [0.05, 0.1) is 6.54 Å². The van der Waals surface area contributed by atoms with Crippen LogP contribution in [0.4, 0.5) is 16.3 Å². The van der Waals surface area contributed by atoms with E-state index in [1.54, 1.807) is 18.3 Å². The van der Waals surface area contributed by atoms with Crippen molar-refractivity contribution < 1.29 is 9.59 Å². The fourth-order valence-electron chi connectivity index (χ4n) is 2.97. The van der Waals surface area contributed by atoms with Crippen molar-refractivity contribution in [1.29, 1.82) is 5.26 Å². The molecule has 0 aliphatic carbocycles. The number of carbonyl (C=O) groups excluding carboxylic acids is 2. The molecule has 28 heavy (non-hydrogen) atoms. The van der Waals surface area contributed by atoms with E-state index in [1.807, 2.05) is 45.0 Å². The molecule has 1 aromatic heterocycles. The fourth-order valence-corrected chi connectivity index (χ4v) is 2.97. The Kier molecular flexibility index (Phi) is 5.27. The Morgan fingerprint density at radius 1 is 1.29 bits per heavy atom. The van der Waals surface area contributed by atoms with E-state index in [4.69, 9.17) is 5.26 Å². The Labute approximate surface area is 163 Å². The van der Waals surface area contributed by atoms with Crippen molar-refractivity contribution in [2.75, 3.05) is 23.3 Å². The van der Waals surface area contributed by atoms with Gasteiger partial charge < -0.3 is 10.2 Å². The number of fused-ring (bicyclic) bond motifs is 1. The van der Waals surface area contributed by atoms with Crippen molar-refractivity contribution in [2.45, 2.75) is 27.3 Å². The van der Waals surface area contributed by atoms with Crippen LogP contribution in [0, 0.1) is 16.7 Å². The van der Waals surface area contributed by atoms with Gasteiger partial charge in [-0.2, -0.15) is 5.26 Å². The van der Waals surface area contributed by atoms with E-state index in [0.717, 1.165) is 0 Å². The number of benzene rings is 1. The summed E-state index contributed by atoms with van der Waals surface area (Å²) < 4.78 is 0. The molecule has 1 aliphatic rings. The Hall–Kier alpha value is -3.47. The number of rotatable bonds is 4. The van der Waals surface area contributed by atoms with Crippen LogP contribution in [-0.4, -0.2) is 39.9 Å². The summed E-state index contributed by atoms with van der Waals surface area (Å²) in [4.78, 5) is 36.7. The van der Waals surface area contributed by atoms with Gasteiger partial charge in [-0.1, -0.05) is 39.0 Å². The lowest BCUT2D eigenvalue weighted by Crippen LogP contribution is -2.52. The third-order valence-electron chi connectivity index (χ3n) is 4.08. The average molecular weight is 378 g/mol. The van der Waals surface area contributed by atoms with Crippen LogP contribution in [0.1, 0.15) is 32.2 Å². The van der Waals surface area contributed by atoms with Crippen LogP contribution in [0.15, 0.2) is 36.5 Å². The molecule has 0 unspecified atom stereocenters. The maximum atomic E-state index is 13.1. The van der Waals surface area contributed by atoms with Crippen molar-refractivity contribution in [3.05, 3.63) is 47.9 Å². The number of urea groups is 1. The maximum absolute atomic E-state index is 13.1. The van der Waals surface area contributed by atoms with Gasteiger partial charge in [-0.15, -0.1) is 0 Å². The number of anilines is 2. The van der Waals surface area contributed by atoms with Gasteiger partial charge in [-0.05, 0) is 17.5 Å². The van der Waals surface area contributed by atoms with Crippen molar-refractivity contribution in [2.24, 2.45) is 5.41 Å². The predicted octanol–water partition coefficient (Wildman–Crippen LogP) is 2.78. The minimum absolute atomic E-state index is 0.0146. The largest absolute Gasteiger partial charge is 0.326 e. The molecule has 0 saturated heterocycles. The zero-order valence-corrected chi connectivity index (χ0v) is 16.1. The molecule has 3 rings (SSSR count). The van der Waals surface area contributed by atoms with Crippen LogP contribution in [0.25, 0.3) is 0 Å². The summed E-state index contributed by atoms with van der Waals surface area (Å²) in [5.74, 6) is 0.167. The van der Waals surface area contributed by atoms with Gasteiger partial charge in [-0.25, -0.2) is 14.8 Å². The predicted molar refractivity (Wildman–Crippen MR) is 104 cm³/mol. The van der Waals surface area contributed by atoms with Gasteiger partial charge in [0.25, 0.3) is 0 Å². The summed E-state index contributed by atoms with van der Waals surface area (Å²) >= 11 is 0. The molecule has 1 N–H and O–H groups in total. The summed E-state index contributed by atoms with van der Waals surface area (Å²) in [6.45, 7) is 6.54. The third-order valence-corrected chi connectivity index (χ3v) is 4.08. The lowest BCUT2D eigenvalue weighted by molar-refractivity contribution is -0.116. The normalized spacial score (nSPS) is 13.7. The monoisotopic (exact) mass is 378 g/mol. The molecule has 1 aliphatic heterocycles. The van der Waals surface area contributed by atoms with Gasteiger partial charge in [0.1, 0.15) is 18.4 Å². The van der Waals surface area contributed by atoms with Crippen molar-refractivity contribution in [3.8, 4) is 6.07 Å². The molecule has 0 spiro atoms. The van der Waals surface area contributed by atoms with Crippen molar-refractivity contribution in [3.63, 3.8) is 0 Å². The molecule has 2 heterocycles. The van der Waals surface area contributed by atoms with Gasteiger partial charge >= 0.3 is 6.03 Å². The Morgan fingerprint density at radius 3 is 2.64 bits per heavy atom. The fraction of sp³-hybridized carbons (Fsp3) is 0.350. The number of para-hydroxylation sites is 1. The SMILES string of the molecule is CC(C)(C)CN1C(=O)N(CC(=O)Nc2ccccc2)Cc2cnc(C#N)nc21. The zero-order valence-electron chi connectivity index (χ0n) is 16.1. The summed E-state index contributed by atoms with van der Waals surface area (Å²) in [7, 11) is 0. The second kappa shape index (κ2) is 7.64. The highest BCUT2D eigenvalue weighted by Gasteiger charge is 2.35. The lowest BCUT2D eigenvalue weighted by Gasteiger charge is -2.38. The van der Waals surface area contributed by atoms with Crippen LogP contribution in [0.2, 0.25) is 0 Å². The summed E-state index contributed by atoms with van der Waals surface area (Å²) in [6, 6.07) is 10.7. The Morgan fingerprint density at radius 2 is 2.00 bits per heavy atom. The van der Waals surface area contributed by atoms with E-state index >= 15 is 0 Å². The molecule has 0 saturated carbocycles. The van der Waals surface area contributed by atoms with Crippen LogP contribution < -0.4 is 10.2 Å². The van der Waals surface area contributed by atoms with Crippen LogP contribution >= 0.6 is 0 Å². The third kappa shape index (κ3) is 4.43. The molecular weight excluding hydrogens is 356 g/mol. The van der Waals surface area contributed by atoms with Crippen molar-refractivity contribution >= 4 is 23.4 Å². The second-order valence-corrected chi connectivity index (χ2v) is 7.85. The van der Waals surface area contributed by atoms with Gasteiger partial charge in [0.2, 0.25) is 11.7 Å². The summed E-state index contributed by atoms with van der Waals surface area (Å²) in [6.07, 6.45) is 1.55. The number of nitrogens with zero attached hydrogens (tertiary/aromatic N) is 5. The highest BCUT2D eigenvalue weighted by molar-refractivity contribution is 5.99. The maximum Gasteiger partial charge on any atom is 0.326 e. The molecule has 8 nitrogen and oxygen atoms in total. The zero-order chi connectivity index (χ0) is 20.3. The van der Waals surface area contributed by atoms with Gasteiger partial charge in [0.15, 0.2) is 0 Å². The molecule has 0 bridgehead atoms. The number of aromatic nitrogens is 2. The van der Waals surface area contributed by atoms with E-state index in [9.17, 15) is 9.59 Å². The smallest absolute Gasteiger partial charge is 0.325 e. The van der Waals surface area contributed by atoms with E-state index < -0.39 is 0 Å². The standard InChI is InChI=1S/C20H22N6O2/c1-20(2,3)13-26-18-14(10-22-16(9-21)24-18)11-25(19(26)28)12-17(27)23-15-7-5-4-6-8-15/h4-8,10H,11-13H2,1-3H3,(H,23,27). The van der Waals surface area contributed by atoms with E-state index in [0.29, 0.717) is 23.6 Å². The molecule has 0 fully saturated rings. The second-order valence-electron chi connectivity index (χ2n) is 7.85. The minimum atomic E-state index is -0.312. The average Bonchev–Trinajstić information content (AvgIpc) is 2.64. The molecular formula is C20H22N6O2. The van der Waals surface area contributed by atoms with Crippen LogP contribution in [0.3, 0.4) is 0 Å². The van der Waals surface area contributed by atoms with E-state index in [-0.39, 0.29) is 36.3 Å². The lowest BCUT2D eigenvalue weighted by atomic mass is 9.95. The van der Waals surface area contributed by atoms with Gasteiger partial charge in [0, 0.05) is 24.0 Å². The number of hydrogen-bond donors (Lipinski definition) is 1. The van der Waals surface area contributed by atoms with Gasteiger partial charge in [-0.3, -0.25) is 9.69 Å². The molecule has 8 heteroatoms. The van der Waals surface area contributed by atoms with Crippen molar-refractivity contribution in [1.82, 2.24) is 14.9 Å². The first-order valence-corrected chi connectivity index (χ1v) is 8.94. The first-order valence-electron chi connectivity index (χ1n) is 8.94. The van der Waals surface area contributed by atoms with E-state index in [1.165, 1.54) is 9.80 Å². The number of hydrogen-bond acceptors (Lipinski definition) is 5. The highest BCUT2D eigenvalue weighted by atomic mass is 16.2. The molecule has 0 atom stereocenters. The number of nitriles is 1.